The van der Waals surface area contributed by atoms with Gasteiger partial charge >= 0.3 is 0 Å². The van der Waals surface area contributed by atoms with Gasteiger partial charge in [-0.25, -0.2) is 12.7 Å². The van der Waals surface area contributed by atoms with Gasteiger partial charge in [-0.15, -0.1) is 0 Å². The van der Waals surface area contributed by atoms with Crippen LogP contribution in [-0.4, -0.2) is 44.7 Å². The molecule has 0 fully saturated rings. The molecule has 0 atom stereocenters. The zero-order chi connectivity index (χ0) is 17.9. The molecule has 0 aliphatic carbocycles. The molecular weight excluding hydrogens is 348 g/mol. The highest BCUT2D eigenvalue weighted by Gasteiger charge is 2.20. The highest BCUT2D eigenvalue weighted by Crippen LogP contribution is 2.17. The van der Waals surface area contributed by atoms with E-state index in [1.807, 2.05) is 12.1 Å². The van der Waals surface area contributed by atoms with Crippen LogP contribution >= 0.6 is 11.6 Å². The van der Waals surface area contributed by atoms with Crippen LogP contribution in [0, 0.1) is 0 Å². The van der Waals surface area contributed by atoms with Gasteiger partial charge in [0.1, 0.15) is 0 Å². The molecule has 0 aliphatic rings. The van der Waals surface area contributed by atoms with Gasteiger partial charge < -0.3 is 4.90 Å². The van der Waals surface area contributed by atoms with Crippen LogP contribution in [0.5, 0.6) is 0 Å². The fourth-order valence-corrected chi connectivity index (χ4v) is 3.36. The summed E-state index contributed by atoms with van der Waals surface area (Å²) in [6, 6.07) is 13.3. The number of hydrogen-bond donors (Lipinski definition) is 0. The van der Waals surface area contributed by atoms with Crippen LogP contribution in [0.15, 0.2) is 53.4 Å². The number of hydrogen-bond acceptors (Lipinski definition) is 3. The molecule has 128 valence electrons. The first kappa shape index (κ1) is 18.4. The number of sulfonamides is 1. The van der Waals surface area contributed by atoms with E-state index in [0.717, 1.165) is 9.87 Å². The first-order valence-corrected chi connectivity index (χ1v) is 9.06. The number of carbonyl (C=O) groups excluding carboxylic acids is 1. The van der Waals surface area contributed by atoms with Gasteiger partial charge in [-0.3, -0.25) is 4.79 Å². The van der Waals surface area contributed by atoms with E-state index in [0.29, 0.717) is 17.1 Å². The summed E-state index contributed by atoms with van der Waals surface area (Å²) in [6.45, 7) is 0.379. The second-order valence-corrected chi connectivity index (χ2v) is 8.19. The van der Waals surface area contributed by atoms with Crippen molar-refractivity contribution in [3.63, 3.8) is 0 Å². The van der Waals surface area contributed by atoms with Gasteiger partial charge in [-0.05, 0) is 35.9 Å². The summed E-state index contributed by atoms with van der Waals surface area (Å²) in [4.78, 5) is 14.2. The zero-order valence-corrected chi connectivity index (χ0v) is 15.3. The molecule has 0 bridgehead atoms. The molecule has 0 heterocycles. The van der Waals surface area contributed by atoms with Crippen molar-refractivity contribution < 1.29 is 13.2 Å². The van der Waals surface area contributed by atoms with E-state index in [1.54, 1.807) is 31.3 Å². The van der Waals surface area contributed by atoms with E-state index in [2.05, 4.69) is 0 Å². The maximum atomic E-state index is 12.6. The summed E-state index contributed by atoms with van der Waals surface area (Å²) in [6.07, 6.45) is 0. The molecule has 0 saturated carbocycles. The topological polar surface area (TPSA) is 57.7 Å². The fraction of sp³-hybridized carbons (Fsp3) is 0.235. The lowest BCUT2D eigenvalue weighted by atomic mass is 10.1. The second kappa shape index (κ2) is 7.34. The first-order valence-electron chi connectivity index (χ1n) is 7.24. The van der Waals surface area contributed by atoms with Crippen molar-refractivity contribution in [2.24, 2.45) is 0 Å². The normalized spacial score (nSPS) is 11.5. The van der Waals surface area contributed by atoms with E-state index in [9.17, 15) is 13.2 Å². The minimum absolute atomic E-state index is 0.0921. The molecule has 24 heavy (non-hydrogen) atoms. The third-order valence-corrected chi connectivity index (χ3v) is 5.56. The highest BCUT2D eigenvalue weighted by atomic mass is 35.5. The molecule has 0 spiro atoms. The zero-order valence-electron chi connectivity index (χ0n) is 13.7. The largest absolute Gasteiger partial charge is 0.337 e. The second-order valence-electron chi connectivity index (χ2n) is 5.61. The highest BCUT2D eigenvalue weighted by molar-refractivity contribution is 7.89. The Kier molecular flexibility index (Phi) is 5.64. The van der Waals surface area contributed by atoms with Crippen LogP contribution in [0.25, 0.3) is 0 Å². The first-order chi connectivity index (χ1) is 11.2. The molecule has 0 radical (unpaired) electrons. The number of rotatable bonds is 5. The summed E-state index contributed by atoms with van der Waals surface area (Å²) >= 11 is 5.95. The van der Waals surface area contributed by atoms with E-state index in [1.165, 1.54) is 31.1 Å². The average Bonchev–Trinajstić information content (AvgIpc) is 2.54. The number of benzene rings is 2. The summed E-state index contributed by atoms with van der Waals surface area (Å²) in [5, 5.41) is 0.604. The van der Waals surface area contributed by atoms with E-state index in [-0.39, 0.29) is 10.8 Å². The van der Waals surface area contributed by atoms with Crippen molar-refractivity contribution in [2.75, 3.05) is 21.1 Å². The van der Waals surface area contributed by atoms with E-state index in [4.69, 9.17) is 11.6 Å². The molecule has 7 heteroatoms. The van der Waals surface area contributed by atoms with Crippen LogP contribution in [0.1, 0.15) is 15.9 Å². The Balaban J connectivity index is 2.23. The van der Waals surface area contributed by atoms with Crippen molar-refractivity contribution in [3.8, 4) is 0 Å². The molecule has 0 aromatic heterocycles. The Bertz CT molecular complexity index is 850. The molecule has 5 nitrogen and oxygen atoms in total. The number of halogens is 1. The third kappa shape index (κ3) is 4.14. The van der Waals surface area contributed by atoms with Gasteiger partial charge in [0.2, 0.25) is 10.0 Å². The molecular formula is C17H19ClN2O3S. The lowest BCUT2D eigenvalue weighted by Gasteiger charge is -2.18. The van der Waals surface area contributed by atoms with Crippen molar-refractivity contribution in [1.82, 2.24) is 9.21 Å². The SMILES string of the molecule is CN(Cc1cccc(Cl)c1)C(=O)c1cccc(S(=O)(=O)N(C)C)c1. The predicted octanol–water partition coefficient (Wildman–Crippen LogP) is 2.86. The smallest absolute Gasteiger partial charge is 0.253 e. The monoisotopic (exact) mass is 366 g/mol. The van der Waals surface area contributed by atoms with Gasteiger partial charge in [0, 0.05) is 38.3 Å². The van der Waals surface area contributed by atoms with E-state index < -0.39 is 10.0 Å². The molecule has 0 saturated heterocycles. The lowest BCUT2D eigenvalue weighted by Crippen LogP contribution is -2.27. The van der Waals surface area contributed by atoms with Crippen LogP contribution in [-0.2, 0) is 16.6 Å². The summed E-state index contributed by atoms with van der Waals surface area (Å²) in [5.41, 5.74) is 1.22. The van der Waals surface area contributed by atoms with Gasteiger partial charge in [0.25, 0.3) is 5.91 Å². The Morgan fingerprint density at radius 2 is 1.71 bits per heavy atom. The minimum Gasteiger partial charge on any atom is -0.337 e. The summed E-state index contributed by atoms with van der Waals surface area (Å²) in [5.74, 6) is -0.259. The number of nitrogens with zero attached hydrogens (tertiary/aromatic N) is 2. The predicted molar refractivity (Wildman–Crippen MR) is 94.6 cm³/mol. The minimum atomic E-state index is -3.58. The van der Waals surface area contributed by atoms with Gasteiger partial charge in [-0.2, -0.15) is 0 Å². The van der Waals surface area contributed by atoms with Crippen LogP contribution in [0.3, 0.4) is 0 Å². The Morgan fingerprint density at radius 1 is 1.04 bits per heavy atom. The van der Waals surface area contributed by atoms with Gasteiger partial charge in [-0.1, -0.05) is 29.8 Å². The van der Waals surface area contributed by atoms with Crippen molar-refractivity contribution in [3.05, 3.63) is 64.7 Å². The summed E-state index contributed by atoms with van der Waals surface area (Å²) < 4.78 is 25.5. The van der Waals surface area contributed by atoms with Gasteiger partial charge in [0.05, 0.1) is 4.90 Å². The quantitative estimate of drug-likeness (QED) is 0.817. The van der Waals surface area contributed by atoms with E-state index >= 15 is 0 Å². The molecule has 2 aromatic rings. The third-order valence-electron chi connectivity index (χ3n) is 3.52. The molecule has 2 rings (SSSR count). The maximum Gasteiger partial charge on any atom is 0.253 e. The Hall–Kier alpha value is -1.89. The van der Waals surface area contributed by atoms with Crippen molar-refractivity contribution in [1.29, 1.82) is 0 Å². The Morgan fingerprint density at radius 3 is 2.33 bits per heavy atom. The Labute approximate surface area is 147 Å². The van der Waals surface area contributed by atoms with Gasteiger partial charge in [0.15, 0.2) is 0 Å². The van der Waals surface area contributed by atoms with Crippen LogP contribution in [0.4, 0.5) is 0 Å². The average molecular weight is 367 g/mol. The molecule has 2 aromatic carbocycles. The maximum absolute atomic E-state index is 12.6. The van der Waals surface area contributed by atoms with Crippen molar-refractivity contribution in [2.45, 2.75) is 11.4 Å². The van der Waals surface area contributed by atoms with Crippen LogP contribution < -0.4 is 0 Å². The number of amides is 1. The molecule has 0 unspecified atom stereocenters. The lowest BCUT2D eigenvalue weighted by molar-refractivity contribution is 0.0785. The molecule has 1 amide bonds. The summed E-state index contributed by atoms with van der Waals surface area (Å²) in [7, 11) is 0.992. The van der Waals surface area contributed by atoms with Crippen molar-refractivity contribution >= 4 is 27.5 Å². The van der Waals surface area contributed by atoms with Crippen LogP contribution in [0.2, 0.25) is 5.02 Å². The molecule has 0 aliphatic heterocycles. The number of carbonyl (C=O) groups is 1. The standard InChI is InChI=1S/C17H19ClN2O3S/c1-19(2)24(22,23)16-9-5-7-14(11-16)17(21)20(3)12-13-6-4-8-15(18)10-13/h4-11H,12H2,1-3H3. The molecule has 0 N–H and O–H groups in total. The fourth-order valence-electron chi connectivity index (χ4n) is 2.20.